The van der Waals surface area contributed by atoms with Crippen molar-refractivity contribution in [1.29, 1.82) is 0 Å². The lowest BCUT2D eigenvalue weighted by Crippen LogP contribution is -2.45. The number of carbonyl (C=O) groups excluding carboxylic acids is 2. The molecule has 0 saturated heterocycles. The van der Waals surface area contributed by atoms with E-state index < -0.39 is 0 Å². The Balaban J connectivity index is 2.21. The predicted octanol–water partition coefficient (Wildman–Crippen LogP) is 4.50. The average Bonchev–Trinajstić information content (AvgIpc) is 3.11. The van der Waals surface area contributed by atoms with Gasteiger partial charge >= 0.3 is 6.03 Å². The average molecular weight is 444 g/mol. The molecule has 2 aromatic rings. The van der Waals surface area contributed by atoms with Gasteiger partial charge in [-0.1, -0.05) is 20.4 Å². The fourth-order valence-electron chi connectivity index (χ4n) is 3.22. The van der Waals surface area contributed by atoms with Crippen molar-refractivity contribution in [2.75, 3.05) is 30.9 Å². The molecule has 0 saturated carbocycles. The first-order valence-electron chi connectivity index (χ1n) is 9.71. The molecule has 0 spiro atoms. The van der Waals surface area contributed by atoms with Crippen molar-refractivity contribution in [1.82, 2.24) is 9.88 Å². The Morgan fingerprint density at radius 2 is 2.20 bits per heavy atom. The van der Waals surface area contributed by atoms with E-state index in [4.69, 9.17) is 0 Å². The number of pyridine rings is 1. The Labute approximate surface area is 184 Å². The number of thiophene rings is 1. The number of fused-ring (bicyclic) bond motifs is 1. The summed E-state index contributed by atoms with van der Waals surface area (Å²) in [6, 6.07) is 3.32. The lowest BCUT2D eigenvalue weighted by molar-refractivity contribution is 0.103. The third kappa shape index (κ3) is 4.23. The van der Waals surface area contributed by atoms with Crippen LogP contribution in [0.15, 0.2) is 41.7 Å². The maximum Gasteiger partial charge on any atom is 0.329 e. The highest BCUT2D eigenvalue weighted by Crippen LogP contribution is 2.49. The molecular weight excluding hydrogens is 418 g/mol. The molecule has 0 aliphatic carbocycles. The number of carbonyl (C=O) groups is 2. The maximum absolute atomic E-state index is 13.3. The zero-order valence-corrected chi connectivity index (χ0v) is 19.0. The summed E-state index contributed by atoms with van der Waals surface area (Å²) in [5, 5.41) is 9.98. The minimum Gasteiger partial charge on any atom is -0.396 e. The van der Waals surface area contributed by atoms with E-state index >= 15 is 0 Å². The predicted molar refractivity (Wildman–Crippen MR) is 122 cm³/mol. The number of aliphatic hydroxyl groups excluding tert-OH is 1. The molecule has 8 heteroatoms. The number of rotatable bonds is 8. The van der Waals surface area contributed by atoms with E-state index in [0.29, 0.717) is 34.9 Å². The van der Waals surface area contributed by atoms with Gasteiger partial charge in [-0.05, 0) is 24.5 Å². The van der Waals surface area contributed by atoms with Gasteiger partial charge in [0.15, 0.2) is 0 Å². The van der Waals surface area contributed by atoms with Gasteiger partial charge in [0.05, 0.1) is 16.1 Å². The van der Waals surface area contributed by atoms with Crippen LogP contribution in [0, 0.1) is 5.92 Å². The van der Waals surface area contributed by atoms with Crippen LogP contribution in [-0.2, 0) is 0 Å². The standard InChI is InChI=1S/C22H25N3O3S2/c1-5-16-17-19(29-11-7-10-26)20(18(27)15-8-6-9-23-12-15)30-21(17)25(13-14(2)3)22(28)24(16)4/h6,8-9,12,14,26H,1,7,10-11,13H2,2-4H3. The second-order valence-corrected chi connectivity index (χ2v) is 9.41. The van der Waals surface area contributed by atoms with Crippen molar-refractivity contribution < 1.29 is 14.7 Å². The van der Waals surface area contributed by atoms with Crippen molar-refractivity contribution in [2.45, 2.75) is 25.2 Å². The van der Waals surface area contributed by atoms with E-state index in [2.05, 4.69) is 31.1 Å². The molecule has 2 aromatic heterocycles. The minimum absolute atomic E-state index is 0.0766. The lowest BCUT2D eigenvalue weighted by atomic mass is 10.1. The molecule has 0 radical (unpaired) electrons. The number of amides is 2. The number of nitrogens with zero attached hydrogens (tertiary/aromatic N) is 3. The monoisotopic (exact) mass is 443 g/mol. The van der Waals surface area contributed by atoms with Crippen molar-refractivity contribution in [3.8, 4) is 0 Å². The van der Waals surface area contributed by atoms with Crippen LogP contribution in [0.5, 0.6) is 0 Å². The normalized spacial score (nSPS) is 13.6. The van der Waals surface area contributed by atoms with Gasteiger partial charge in [0.1, 0.15) is 5.00 Å². The molecule has 3 rings (SSSR count). The number of thioether (sulfide) groups is 1. The van der Waals surface area contributed by atoms with E-state index in [9.17, 15) is 14.7 Å². The van der Waals surface area contributed by atoms with E-state index in [1.54, 1.807) is 41.4 Å². The van der Waals surface area contributed by atoms with Crippen molar-refractivity contribution in [3.63, 3.8) is 0 Å². The molecule has 30 heavy (non-hydrogen) atoms. The molecular formula is C22H25N3O3S2. The van der Waals surface area contributed by atoms with Gasteiger partial charge in [-0.2, -0.15) is 0 Å². The summed E-state index contributed by atoms with van der Waals surface area (Å²) < 4.78 is 0. The van der Waals surface area contributed by atoms with Gasteiger partial charge in [-0.3, -0.25) is 19.6 Å². The Bertz CT molecular complexity index is 995. The highest BCUT2D eigenvalue weighted by molar-refractivity contribution is 7.99. The Morgan fingerprint density at radius 3 is 2.80 bits per heavy atom. The topological polar surface area (TPSA) is 73.7 Å². The van der Waals surface area contributed by atoms with E-state index in [0.717, 1.165) is 15.5 Å². The summed E-state index contributed by atoms with van der Waals surface area (Å²) >= 11 is 2.84. The van der Waals surface area contributed by atoms with Crippen LogP contribution >= 0.6 is 23.1 Å². The largest absolute Gasteiger partial charge is 0.396 e. The molecule has 6 nitrogen and oxygen atoms in total. The second kappa shape index (κ2) is 9.62. The molecule has 0 bridgehead atoms. The number of aromatic nitrogens is 1. The number of anilines is 1. The van der Waals surface area contributed by atoms with E-state index in [-0.39, 0.29) is 24.3 Å². The van der Waals surface area contributed by atoms with E-state index in [1.807, 2.05) is 0 Å². The SMILES string of the molecule is C=C=C1c2c(sc(C(=O)c3cccnc3)c2SCCCO)N(CC(C)C)C(=O)N1C. The van der Waals surface area contributed by atoms with Crippen LogP contribution in [0.3, 0.4) is 0 Å². The Kier molecular flexibility index (Phi) is 7.15. The van der Waals surface area contributed by atoms with Crippen molar-refractivity contribution >= 4 is 45.6 Å². The summed E-state index contributed by atoms with van der Waals surface area (Å²) in [7, 11) is 1.70. The molecule has 1 N–H and O–H groups in total. The molecule has 158 valence electrons. The van der Waals surface area contributed by atoms with Crippen LogP contribution in [0.25, 0.3) is 5.70 Å². The summed E-state index contributed by atoms with van der Waals surface area (Å²) in [4.78, 5) is 35.1. The van der Waals surface area contributed by atoms with Gasteiger partial charge < -0.3 is 5.11 Å². The Morgan fingerprint density at radius 1 is 1.43 bits per heavy atom. The number of hydrogen-bond donors (Lipinski definition) is 1. The summed E-state index contributed by atoms with van der Waals surface area (Å²) in [5.41, 5.74) is 4.79. The first-order chi connectivity index (χ1) is 14.4. The van der Waals surface area contributed by atoms with Crippen LogP contribution in [0.2, 0.25) is 0 Å². The fourth-order valence-corrected chi connectivity index (χ4v) is 5.79. The van der Waals surface area contributed by atoms with Crippen molar-refractivity contribution in [2.24, 2.45) is 5.92 Å². The van der Waals surface area contributed by atoms with Gasteiger partial charge in [0.2, 0.25) is 5.78 Å². The molecule has 0 fully saturated rings. The molecule has 0 atom stereocenters. The lowest BCUT2D eigenvalue weighted by Gasteiger charge is -2.35. The molecule has 0 aromatic carbocycles. The van der Waals surface area contributed by atoms with Gasteiger partial charge in [0, 0.05) is 48.8 Å². The molecule has 1 aliphatic heterocycles. The first kappa shape index (κ1) is 22.3. The van der Waals surface area contributed by atoms with E-state index in [1.165, 1.54) is 23.1 Å². The maximum atomic E-state index is 13.3. The summed E-state index contributed by atoms with van der Waals surface area (Å²) in [6.07, 6.45) is 3.79. The third-order valence-electron chi connectivity index (χ3n) is 4.58. The number of hydrogen-bond acceptors (Lipinski definition) is 6. The summed E-state index contributed by atoms with van der Waals surface area (Å²) in [5.74, 6) is 0.783. The highest BCUT2D eigenvalue weighted by Gasteiger charge is 2.38. The Hall–Kier alpha value is -2.38. The minimum atomic E-state index is -0.157. The van der Waals surface area contributed by atoms with Crippen LogP contribution in [-0.4, -0.2) is 52.8 Å². The quantitative estimate of drug-likeness (QED) is 0.281. The number of ketones is 1. The highest BCUT2D eigenvalue weighted by atomic mass is 32.2. The smallest absolute Gasteiger partial charge is 0.329 e. The fraction of sp³-hybridized carbons (Fsp3) is 0.364. The molecule has 2 amide bonds. The zero-order chi connectivity index (χ0) is 21.8. The van der Waals surface area contributed by atoms with Crippen LogP contribution in [0.1, 0.15) is 41.1 Å². The second-order valence-electron chi connectivity index (χ2n) is 7.31. The summed E-state index contributed by atoms with van der Waals surface area (Å²) in [6.45, 7) is 8.52. The van der Waals surface area contributed by atoms with Crippen LogP contribution < -0.4 is 4.90 Å². The van der Waals surface area contributed by atoms with Crippen LogP contribution in [0.4, 0.5) is 9.80 Å². The zero-order valence-electron chi connectivity index (χ0n) is 17.3. The van der Waals surface area contributed by atoms with Gasteiger partial charge in [-0.15, -0.1) is 28.8 Å². The first-order valence-corrected chi connectivity index (χ1v) is 11.5. The van der Waals surface area contributed by atoms with Gasteiger partial charge in [0.25, 0.3) is 0 Å². The molecule has 1 aliphatic rings. The third-order valence-corrected chi connectivity index (χ3v) is 7.11. The number of aliphatic hydroxyl groups is 1. The van der Waals surface area contributed by atoms with Gasteiger partial charge in [-0.25, -0.2) is 4.79 Å². The van der Waals surface area contributed by atoms with Crippen molar-refractivity contribution in [3.05, 3.63) is 52.8 Å². The number of urea groups is 1. The molecule has 3 heterocycles. The molecule has 0 unspecified atom stereocenters.